The zero-order valence-corrected chi connectivity index (χ0v) is 23.2. The van der Waals surface area contributed by atoms with E-state index in [1.165, 1.54) is 0 Å². The molecule has 9 nitrogen and oxygen atoms in total. The Morgan fingerprint density at radius 2 is 1.63 bits per heavy atom. The van der Waals surface area contributed by atoms with Crippen LogP contribution in [0.4, 0.5) is 17.6 Å². The molecule has 2 saturated carbocycles. The van der Waals surface area contributed by atoms with Crippen molar-refractivity contribution in [2.24, 2.45) is 13.0 Å². The Hall–Kier alpha value is -3.09. The van der Waals surface area contributed by atoms with Gasteiger partial charge in [0, 0.05) is 62.4 Å². The van der Waals surface area contributed by atoms with Gasteiger partial charge in [-0.3, -0.25) is 9.29 Å². The van der Waals surface area contributed by atoms with Gasteiger partial charge in [-0.25, -0.2) is 9.67 Å². The van der Waals surface area contributed by atoms with Crippen molar-refractivity contribution in [3.05, 3.63) is 47.4 Å². The monoisotopic (exact) mass is 576 g/mol. The standard InChI is InChI=1S/C28H36F4N8O/c1-38-25(17-41-26-12-21(10-11-33-26)28(30,31)32)35-36-27(38)20-4-2-19(3-5-20)24-16-40(37-34-24)23-8-6-22(7-9-23)39-14-18(13-29)15-39/h10-12,16,18-20,22-23H,2-9,13-15,17H2,1H3. The maximum atomic E-state index is 13.0. The van der Waals surface area contributed by atoms with Gasteiger partial charge in [-0.05, 0) is 57.4 Å². The minimum absolute atomic E-state index is 0.0195. The first-order chi connectivity index (χ1) is 19.8. The molecule has 4 heterocycles. The Labute approximate surface area is 236 Å². The summed E-state index contributed by atoms with van der Waals surface area (Å²) in [7, 11) is 1.86. The molecule has 0 unspecified atom stereocenters. The third kappa shape index (κ3) is 6.09. The van der Waals surface area contributed by atoms with Gasteiger partial charge in [0.2, 0.25) is 5.88 Å². The van der Waals surface area contributed by atoms with E-state index in [2.05, 4.69) is 41.3 Å². The van der Waals surface area contributed by atoms with Crippen LogP contribution in [0.5, 0.6) is 5.88 Å². The lowest BCUT2D eigenvalue weighted by atomic mass is 9.80. The SMILES string of the molecule is Cn1c(COc2cc(C(F)(F)F)ccn2)nnc1C1CCC(c2cn(C3CCC(N4CC(CF)C4)CC3)nn2)CC1. The molecule has 0 spiro atoms. The summed E-state index contributed by atoms with van der Waals surface area (Å²) in [5.41, 5.74) is 0.251. The molecule has 3 fully saturated rings. The highest BCUT2D eigenvalue weighted by atomic mass is 19.4. The number of pyridine rings is 1. The molecule has 2 aliphatic carbocycles. The normalized spacial score (nSPS) is 26.2. The van der Waals surface area contributed by atoms with Gasteiger partial charge in [0.25, 0.3) is 0 Å². The number of likely N-dealkylation sites (tertiary alicyclic amines) is 1. The second-order valence-corrected chi connectivity index (χ2v) is 11.8. The summed E-state index contributed by atoms with van der Waals surface area (Å²) in [6.07, 6.45) is 7.04. The Morgan fingerprint density at radius 3 is 2.34 bits per heavy atom. The van der Waals surface area contributed by atoms with Crippen LogP contribution in [0.25, 0.3) is 0 Å². The number of ether oxygens (including phenoxy) is 1. The van der Waals surface area contributed by atoms with Gasteiger partial charge in [-0.15, -0.1) is 15.3 Å². The van der Waals surface area contributed by atoms with E-state index >= 15 is 0 Å². The molecular formula is C28H36F4N8O. The Morgan fingerprint density at radius 1 is 0.927 bits per heavy atom. The minimum Gasteiger partial charge on any atom is -0.469 e. The highest BCUT2D eigenvalue weighted by molar-refractivity contribution is 5.23. The quantitative estimate of drug-likeness (QED) is 0.340. The van der Waals surface area contributed by atoms with Crippen LogP contribution in [0, 0.1) is 5.92 Å². The van der Waals surface area contributed by atoms with Gasteiger partial charge in [0.15, 0.2) is 5.82 Å². The van der Waals surface area contributed by atoms with E-state index in [1.807, 2.05) is 11.6 Å². The molecule has 0 atom stereocenters. The van der Waals surface area contributed by atoms with Crippen molar-refractivity contribution in [3.8, 4) is 5.88 Å². The van der Waals surface area contributed by atoms with E-state index in [0.29, 0.717) is 23.8 Å². The number of nitrogens with zero attached hydrogens (tertiary/aromatic N) is 8. The number of rotatable bonds is 8. The van der Waals surface area contributed by atoms with Gasteiger partial charge in [-0.2, -0.15) is 13.2 Å². The van der Waals surface area contributed by atoms with Crippen molar-refractivity contribution in [2.75, 3.05) is 19.8 Å². The highest BCUT2D eigenvalue weighted by Crippen LogP contribution is 2.40. The molecule has 0 bridgehead atoms. The number of hydrogen-bond donors (Lipinski definition) is 0. The largest absolute Gasteiger partial charge is 0.469 e. The lowest BCUT2D eigenvalue weighted by Gasteiger charge is -2.45. The Kier molecular flexibility index (Phi) is 7.97. The maximum absolute atomic E-state index is 13.0. The zero-order valence-electron chi connectivity index (χ0n) is 23.2. The second kappa shape index (κ2) is 11.7. The molecule has 13 heteroatoms. The molecule has 41 heavy (non-hydrogen) atoms. The van der Waals surface area contributed by atoms with Crippen LogP contribution in [0.1, 0.15) is 92.2 Å². The van der Waals surface area contributed by atoms with Gasteiger partial charge >= 0.3 is 6.18 Å². The smallest absolute Gasteiger partial charge is 0.416 e. The van der Waals surface area contributed by atoms with Crippen molar-refractivity contribution >= 4 is 0 Å². The molecule has 0 N–H and O–H groups in total. The fraction of sp³-hybridized carbons (Fsp3) is 0.679. The lowest BCUT2D eigenvalue weighted by Crippen LogP contribution is -2.53. The van der Waals surface area contributed by atoms with Gasteiger partial charge in [0.05, 0.1) is 24.0 Å². The predicted molar refractivity (Wildman–Crippen MR) is 141 cm³/mol. The third-order valence-corrected chi connectivity index (χ3v) is 9.21. The Balaban J connectivity index is 0.988. The summed E-state index contributed by atoms with van der Waals surface area (Å²) in [6.45, 7) is 1.59. The summed E-state index contributed by atoms with van der Waals surface area (Å²) in [6, 6.07) is 2.76. The van der Waals surface area contributed by atoms with Crippen molar-refractivity contribution in [1.82, 2.24) is 39.6 Å². The van der Waals surface area contributed by atoms with Crippen LogP contribution in [-0.2, 0) is 19.8 Å². The highest BCUT2D eigenvalue weighted by Gasteiger charge is 2.35. The number of halogens is 4. The molecule has 1 aliphatic heterocycles. The van der Waals surface area contributed by atoms with Gasteiger partial charge in [0.1, 0.15) is 12.4 Å². The van der Waals surface area contributed by atoms with Crippen molar-refractivity contribution in [2.45, 2.75) is 88.1 Å². The Bertz CT molecular complexity index is 1300. The molecule has 3 aromatic heterocycles. The molecule has 6 rings (SSSR count). The number of aromatic nitrogens is 7. The molecule has 222 valence electrons. The van der Waals surface area contributed by atoms with Crippen molar-refractivity contribution in [3.63, 3.8) is 0 Å². The van der Waals surface area contributed by atoms with Crippen LogP contribution in [0.2, 0.25) is 0 Å². The summed E-state index contributed by atoms with van der Waals surface area (Å²) in [5.74, 6) is 2.13. The lowest BCUT2D eigenvalue weighted by molar-refractivity contribution is -0.137. The van der Waals surface area contributed by atoms with E-state index in [-0.39, 0.29) is 31.0 Å². The van der Waals surface area contributed by atoms with E-state index in [0.717, 1.165) is 94.3 Å². The van der Waals surface area contributed by atoms with Crippen LogP contribution in [-0.4, -0.2) is 65.4 Å². The van der Waals surface area contributed by atoms with Crippen LogP contribution in [0.3, 0.4) is 0 Å². The minimum atomic E-state index is -4.46. The molecule has 0 radical (unpaired) electrons. The summed E-state index contributed by atoms with van der Waals surface area (Å²) < 4.78 is 61.1. The fourth-order valence-corrected chi connectivity index (χ4v) is 6.66. The van der Waals surface area contributed by atoms with E-state index in [4.69, 9.17) is 4.74 Å². The molecule has 0 aromatic carbocycles. The van der Waals surface area contributed by atoms with E-state index < -0.39 is 11.7 Å². The molecular weight excluding hydrogens is 540 g/mol. The first kappa shape index (κ1) is 28.0. The van der Waals surface area contributed by atoms with Crippen LogP contribution in [0.15, 0.2) is 24.5 Å². The van der Waals surface area contributed by atoms with Gasteiger partial charge in [-0.1, -0.05) is 5.21 Å². The van der Waals surface area contributed by atoms with Crippen LogP contribution >= 0.6 is 0 Å². The topological polar surface area (TPSA) is 86.8 Å². The predicted octanol–water partition coefficient (Wildman–Crippen LogP) is 5.23. The van der Waals surface area contributed by atoms with E-state index in [1.54, 1.807) is 0 Å². The first-order valence-corrected chi connectivity index (χ1v) is 14.5. The first-order valence-electron chi connectivity index (χ1n) is 14.5. The molecule has 3 aliphatic rings. The average molecular weight is 577 g/mol. The molecule has 3 aromatic rings. The molecule has 1 saturated heterocycles. The fourth-order valence-electron chi connectivity index (χ4n) is 6.66. The zero-order chi connectivity index (χ0) is 28.6. The number of alkyl halides is 4. The average Bonchev–Trinajstić information content (AvgIpc) is 3.59. The number of hydrogen-bond acceptors (Lipinski definition) is 7. The summed E-state index contributed by atoms with van der Waals surface area (Å²) >= 11 is 0. The second-order valence-electron chi connectivity index (χ2n) is 11.8. The maximum Gasteiger partial charge on any atom is 0.416 e. The molecule has 0 amide bonds. The van der Waals surface area contributed by atoms with Gasteiger partial charge < -0.3 is 9.30 Å². The summed E-state index contributed by atoms with van der Waals surface area (Å²) in [4.78, 5) is 6.32. The van der Waals surface area contributed by atoms with Crippen molar-refractivity contribution in [1.29, 1.82) is 0 Å². The van der Waals surface area contributed by atoms with Crippen molar-refractivity contribution < 1.29 is 22.3 Å². The summed E-state index contributed by atoms with van der Waals surface area (Å²) in [5, 5.41) is 17.7. The van der Waals surface area contributed by atoms with Crippen LogP contribution < -0.4 is 4.74 Å². The third-order valence-electron chi connectivity index (χ3n) is 9.21. The van der Waals surface area contributed by atoms with E-state index in [9.17, 15) is 17.6 Å².